The van der Waals surface area contributed by atoms with E-state index in [4.69, 9.17) is 4.74 Å². The molecule has 2 rings (SSSR count). The van der Waals surface area contributed by atoms with Crippen LogP contribution < -0.4 is 15.4 Å². The van der Waals surface area contributed by atoms with Gasteiger partial charge in [-0.1, -0.05) is 0 Å². The van der Waals surface area contributed by atoms with E-state index in [9.17, 15) is 0 Å². The van der Waals surface area contributed by atoms with E-state index in [1.54, 1.807) is 7.11 Å². The van der Waals surface area contributed by atoms with Crippen molar-refractivity contribution in [3.8, 4) is 5.75 Å². The van der Waals surface area contributed by atoms with Gasteiger partial charge in [-0.15, -0.1) is 0 Å². The lowest BCUT2D eigenvalue weighted by Gasteiger charge is -2.15. The molecule has 1 heterocycles. The lowest BCUT2D eigenvalue weighted by atomic mass is 10.0. The Morgan fingerprint density at radius 2 is 2.17 bits per heavy atom. The summed E-state index contributed by atoms with van der Waals surface area (Å²) < 4.78 is 5.33. The van der Waals surface area contributed by atoms with Crippen LogP contribution in [0.2, 0.25) is 0 Å². The fourth-order valence-corrected chi connectivity index (χ4v) is 2.58. The molecule has 1 fully saturated rings. The van der Waals surface area contributed by atoms with Gasteiger partial charge in [-0.05, 0) is 69.0 Å². The molecule has 1 aliphatic heterocycles. The molecule has 1 aromatic carbocycles. The van der Waals surface area contributed by atoms with Gasteiger partial charge in [0.2, 0.25) is 0 Å². The number of hydrogen-bond acceptors (Lipinski definition) is 3. The van der Waals surface area contributed by atoms with E-state index in [2.05, 4.69) is 30.5 Å². The summed E-state index contributed by atoms with van der Waals surface area (Å²) in [5, 5.41) is 6.96. The zero-order valence-electron chi connectivity index (χ0n) is 11.7. The van der Waals surface area contributed by atoms with Gasteiger partial charge in [0.25, 0.3) is 0 Å². The van der Waals surface area contributed by atoms with Crippen molar-refractivity contribution in [1.82, 2.24) is 5.32 Å². The van der Waals surface area contributed by atoms with Crippen LogP contribution in [0.25, 0.3) is 0 Å². The van der Waals surface area contributed by atoms with Crippen molar-refractivity contribution in [3.63, 3.8) is 0 Å². The lowest BCUT2D eigenvalue weighted by Crippen LogP contribution is -2.13. The fraction of sp³-hybridized carbons (Fsp3) is 0.600. The van der Waals surface area contributed by atoms with E-state index < -0.39 is 0 Å². The number of ether oxygens (including phenoxy) is 1. The molecule has 0 amide bonds. The Hall–Kier alpha value is -1.22. The first kappa shape index (κ1) is 13.2. The molecule has 1 unspecified atom stereocenters. The summed E-state index contributed by atoms with van der Waals surface area (Å²) >= 11 is 0. The van der Waals surface area contributed by atoms with E-state index in [0.717, 1.165) is 18.2 Å². The standard InChI is InChI=1S/C15H24N2O/c1-11-12(2)15(18-3)5-4-14(11)17-9-7-13-6-8-16-10-13/h4-5,13,16-17H,6-10H2,1-3H3. The summed E-state index contributed by atoms with van der Waals surface area (Å²) in [6.45, 7) is 7.68. The Morgan fingerprint density at radius 1 is 1.33 bits per heavy atom. The number of anilines is 1. The van der Waals surface area contributed by atoms with E-state index in [1.807, 2.05) is 6.07 Å². The third-order valence-electron chi connectivity index (χ3n) is 3.99. The van der Waals surface area contributed by atoms with Crippen LogP contribution in [0.4, 0.5) is 5.69 Å². The lowest BCUT2D eigenvalue weighted by molar-refractivity contribution is 0.411. The maximum atomic E-state index is 5.33. The second-order valence-electron chi connectivity index (χ2n) is 5.14. The van der Waals surface area contributed by atoms with E-state index >= 15 is 0 Å². The van der Waals surface area contributed by atoms with Gasteiger partial charge in [-0.3, -0.25) is 0 Å². The normalized spacial score (nSPS) is 18.9. The van der Waals surface area contributed by atoms with E-state index in [-0.39, 0.29) is 0 Å². The molecule has 2 N–H and O–H groups in total. The first-order valence-corrected chi connectivity index (χ1v) is 6.81. The van der Waals surface area contributed by atoms with Crippen molar-refractivity contribution < 1.29 is 4.74 Å². The van der Waals surface area contributed by atoms with Gasteiger partial charge in [0.15, 0.2) is 0 Å². The van der Waals surface area contributed by atoms with Crippen molar-refractivity contribution >= 4 is 5.69 Å². The topological polar surface area (TPSA) is 33.3 Å². The second-order valence-corrected chi connectivity index (χ2v) is 5.14. The van der Waals surface area contributed by atoms with Crippen LogP contribution in [0.15, 0.2) is 12.1 Å². The van der Waals surface area contributed by atoms with Gasteiger partial charge in [0, 0.05) is 12.2 Å². The molecule has 0 bridgehead atoms. The van der Waals surface area contributed by atoms with E-state index in [0.29, 0.717) is 0 Å². The highest BCUT2D eigenvalue weighted by atomic mass is 16.5. The van der Waals surface area contributed by atoms with Gasteiger partial charge < -0.3 is 15.4 Å². The molecule has 1 aliphatic rings. The Morgan fingerprint density at radius 3 is 2.83 bits per heavy atom. The van der Waals surface area contributed by atoms with E-state index in [1.165, 1.54) is 42.7 Å². The molecular weight excluding hydrogens is 224 g/mol. The highest BCUT2D eigenvalue weighted by molar-refractivity contribution is 5.58. The van der Waals surface area contributed by atoms with Gasteiger partial charge >= 0.3 is 0 Å². The van der Waals surface area contributed by atoms with Gasteiger partial charge in [0.05, 0.1) is 7.11 Å². The van der Waals surface area contributed by atoms with Crippen molar-refractivity contribution in [3.05, 3.63) is 23.3 Å². The van der Waals surface area contributed by atoms with Crippen LogP contribution in [0.5, 0.6) is 5.75 Å². The predicted molar refractivity (Wildman–Crippen MR) is 76.6 cm³/mol. The minimum atomic E-state index is 0.845. The summed E-state index contributed by atoms with van der Waals surface area (Å²) in [5.74, 6) is 1.81. The maximum Gasteiger partial charge on any atom is 0.122 e. The fourth-order valence-electron chi connectivity index (χ4n) is 2.58. The molecule has 0 aromatic heterocycles. The summed E-state index contributed by atoms with van der Waals surface area (Å²) in [6, 6.07) is 4.16. The van der Waals surface area contributed by atoms with Gasteiger partial charge in [-0.2, -0.15) is 0 Å². The zero-order chi connectivity index (χ0) is 13.0. The van der Waals surface area contributed by atoms with Crippen LogP contribution in [-0.2, 0) is 0 Å². The largest absolute Gasteiger partial charge is 0.496 e. The first-order valence-electron chi connectivity index (χ1n) is 6.81. The first-order chi connectivity index (χ1) is 8.72. The minimum absolute atomic E-state index is 0.845. The molecule has 0 saturated carbocycles. The third kappa shape index (κ3) is 2.96. The van der Waals surface area contributed by atoms with Crippen LogP contribution in [0, 0.1) is 19.8 Å². The Bertz CT molecular complexity index is 398. The molecule has 0 radical (unpaired) electrons. The Labute approximate surface area is 110 Å². The summed E-state index contributed by atoms with van der Waals surface area (Å²) in [7, 11) is 1.72. The number of hydrogen-bond donors (Lipinski definition) is 2. The van der Waals surface area contributed by atoms with Crippen molar-refractivity contribution in [2.45, 2.75) is 26.7 Å². The van der Waals surface area contributed by atoms with Crippen LogP contribution in [-0.4, -0.2) is 26.7 Å². The molecule has 3 nitrogen and oxygen atoms in total. The molecule has 18 heavy (non-hydrogen) atoms. The highest BCUT2D eigenvalue weighted by Crippen LogP contribution is 2.27. The quantitative estimate of drug-likeness (QED) is 0.840. The second kappa shape index (κ2) is 6.10. The monoisotopic (exact) mass is 248 g/mol. The smallest absolute Gasteiger partial charge is 0.122 e. The maximum absolute atomic E-state index is 5.33. The summed E-state index contributed by atoms with van der Waals surface area (Å²) in [4.78, 5) is 0. The SMILES string of the molecule is COc1ccc(NCCC2CCNC2)c(C)c1C. The number of benzene rings is 1. The molecule has 0 aliphatic carbocycles. The Balaban J connectivity index is 1.90. The molecule has 1 aromatic rings. The number of methoxy groups -OCH3 is 1. The average molecular weight is 248 g/mol. The molecule has 3 heteroatoms. The van der Waals surface area contributed by atoms with Crippen LogP contribution in [0.3, 0.4) is 0 Å². The molecule has 1 atom stereocenters. The van der Waals surface area contributed by atoms with Gasteiger partial charge in [0.1, 0.15) is 5.75 Å². The van der Waals surface area contributed by atoms with Gasteiger partial charge in [-0.25, -0.2) is 0 Å². The van der Waals surface area contributed by atoms with Crippen LogP contribution >= 0.6 is 0 Å². The Kier molecular flexibility index (Phi) is 4.48. The van der Waals surface area contributed by atoms with Crippen molar-refractivity contribution in [2.24, 2.45) is 5.92 Å². The highest BCUT2D eigenvalue weighted by Gasteiger charge is 2.14. The average Bonchev–Trinajstić information content (AvgIpc) is 2.88. The minimum Gasteiger partial charge on any atom is -0.496 e. The van der Waals surface area contributed by atoms with Crippen LogP contribution in [0.1, 0.15) is 24.0 Å². The number of rotatable bonds is 5. The van der Waals surface area contributed by atoms with Crippen molar-refractivity contribution in [1.29, 1.82) is 0 Å². The summed E-state index contributed by atoms with van der Waals surface area (Å²) in [5.41, 5.74) is 3.75. The third-order valence-corrected chi connectivity index (χ3v) is 3.99. The predicted octanol–water partition coefficient (Wildman–Crippen LogP) is 2.72. The molecule has 1 saturated heterocycles. The molecule has 0 spiro atoms. The number of nitrogens with one attached hydrogen (secondary N) is 2. The molecule has 100 valence electrons. The zero-order valence-corrected chi connectivity index (χ0v) is 11.7. The molecular formula is C15H24N2O. The summed E-state index contributed by atoms with van der Waals surface area (Å²) in [6.07, 6.45) is 2.57. The van der Waals surface area contributed by atoms with Crippen molar-refractivity contribution in [2.75, 3.05) is 32.1 Å².